The Hall–Kier alpha value is -2.13. The molecule has 1 unspecified atom stereocenters. The minimum Gasteiger partial charge on any atom is -0.464 e. The predicted molar refractivity (Wildman–Crippen MR) is 82.0 cm³/mol. The second-order valence-electron chi connectivity index (χ2n) is 5.12. The Kier molecular flexibility index (Phi) is 4.76. The normalized spacial score (nSPS) is 13.7. The van der Waals surface area contributed by atoms with E-state index in [1.807, 2.05) is 60.7 Å². The van der Waals surface area contributed by atoms with Crippen LogP contribution in [0.1, 0.15) is 30.9 Å². The average molecular weight is 284 g/mol. The van der Waals surface area contributed by atoms with Crippen LogP contribution in [-0.4, -0.2) is 23.3 Å². The topological polar surface area (TPSA) is 46.5 Å². The first kappa shape index (κ1) is 15.3. The number of hydrogen-bond donors (Lipinski definition) is 1. The summed E-state index contributed by atoms with van der Waals surface area (Å²) in [5, 5.41) is 10.8. The van der Waals surface area contributed by atoms with E-state index in [0.717, 1.165) is 11.1 Å². The molecule has 0 radical (unpaired) electrons. The largest absolute Gasteiger partial charge is 0.464 e. The molecule has 0 bridgehead atoms. The Bertz CT molecular complexity index is 536. The first-order valence-electron chi connectivity index (χ1n) is 7.07. The maximum absolute atomic E-state index is 12.2. The second-order valence-corrected chi connectivity index (χ2v) is 5.12. The molecular formula is C18H20O3. The molecule has 2 aromatic rings. The molecule has 0 aliphatic carbocycles. The quantitative estimate of drug-likeness (QED) is 0.858. The number of carbonyl (C=O) groups is 1. The molecule has 0 amide bonds. The van der Waals surface area contributed by atoms with Crippen molar-refractivity contribution in [3.05, 3.63) is 71.8 Å². The van der Waals surface area contributed by atoms with Gasteiger partial charge < -0.3 is 9.84 Å². The van der Waals surface area contributed by atoms with Gasteiger partial charge in [0.15, 0.2) is 5.60 Å². The third kappa shape index (κ3) is 3.31. The minimum absolute atomic E-state index is 0.241. The summed E-state index contributed by atoms with van der Waals surface area (Å²) < 4.78 is 5.04. The molecule has 0 aliphatic heterocycles. The molecule has 0 saturated carbocycles. The van der Waals surface area contributed by atoms with Crippen LogP contribution in [0.15, 0.2) is 60.7 Å². The zero-order valence-corrected chi connectivity index (χ0v) is 12.3. The molecule has 0 aromatic heterocycles. The van der Waals surface area contributed by atoms with Crippen LogP contribution in [0, 0.1) is 0 Å². The van der Waals surface area contributed by atoms with Gasteiger partial charge in [0.25, 0.3) is 0 Å². The summed E-state index contributed by atoms with van der Waals surface area (Å²) in [6, 6.07) is 19.0. The number of carbonyl (C=O) groups excluding carboxylic acids is 1. The van der Waals surface area contributed by atoms with E-state index in [0.29, 0.717) is 0 Å². The van der Waals surface area contributed by atoms with Crippen LogP contribution in [0.5, 0.6) is 0 Å². The summed E-state index contributed by atoms with van der Waals surface area (Å²) in [6.07, 6.45) is 0. The van der Waals surface area contributed by atoms with Gasteiger partial charge in [-0.15, -0.1) is 0 Å². The molecular weight excluding hydrogens is 264 g/mol. The van der Waals surface area contributed by atoms with E-state index in [-0.39, 0.29) is 6.61 Å². The summed E-state index contributed by atoms with van der Waals surface area (Å²) in [4.78, 5) is 12.2. The molecule has 0 aliphatic rings. The maximum Gasteiger partial charge on any atom is 0.338 e. The van der Waals surface area contributed by atoms with E-state index in [1.165, 1.54) is 6.92 Å². The third-order valence-corrected chi connectivity index (χ3v) is 3.52. The molecule has 1 atom stereocenters. The highest BCUT2D eigenvalue weighted by molar-refractivity contribution is 5.81. The Morgan fingerprint density at radius 3 is 1.86 bits per heavy atom. The van der Waals surface area contributed by atoms with Gasteiger partial charge in [0.2, 0.25) is 0 Å². The van der Waals surface area contributed by atoms with Crippen LogP contribution in [0.25, 0.3) is 0 Å². The lowest BCUT2D eigenvalue weighted by molar-refractivity contribution is -0.164. The Labute approximate surface area is 125 Å². The smallest absolute Gasteiger partial charge is 0.338 e. The van der Waals surface area contributed by atoms with Crippen LogP contribution in [0.3, 0.4) is 0 Å². The third-order valence-electron chi connectivity index (χ3n) is 3.52. The average Bonchev–Trinajstić information content (AvgIpc) is 2.49. The molecule has 2 rings (SSSR count). The lowest BCUT2D eigenvalue weighted by Crippen LogP contribution is -2.43. The Morgan fingerprint density at radius 2 is 1.48 bits per heavy atom. The summed E-state index contributed by atoms with van der Waals surface area (Å²) in [7, 11) is 0. The maximum atomic E-state index is 12.2. The molecule has 0 saturated heterocycles. The molecule has 21 heavy (non-hydrogen) atoms. The van der Waals surface area contributed by atoms with Crippen LogP contribution < -0.4 is 0 Å². The molecule has 0 spiro atoms. The number of aliphatic hydroxyl groups is 1. The number of benzene rings is 2. The zero-order valence-electron chi connectivity index (χ0n) is 12.3. The number of ether oxygens (including phenoxy) is 1. The van der Waals surface area contributed by atoms with Crippen LogP contribution in [0.2, 0.25) is 0 Å². The van der Waals surface area contributed by atoms with Crippen LogP contribution in [0.4, 0.5) is 0 Å². The van der Waals surface area contributed by atoms with Crippen LogP contribution >= 0.6 is 0 Å². The van der Waals surface area contributed by atoms with Gasteiger partial charge >= 0.3 is 5.97 Å². The Balaban J connectivity index is 2.49. The molecule has 3 nitrogen and oxygen atoms in total. The van der Waals surface area contributed by atoms with Crippen molar-refractivity contribution in [2.75, 3.05) is 6.61 Å². The van der Waals surface area contributed by atoms with Crippen molar-refractivity contribution < 1.29 is 14.6 Å². The van der Waals surface area contributed by atoms with Crippen molar-refractivity contribution in [1.82, 2.24) is 0 Å². The number of esters is 1. The van der Waals surface area contributed by atoms with Gasteiger partial charge in [0.05, 0.1) is 6.61 Å². The molecule has 1 N–H and O–H groups in total. The molecule has 110 valence electrons. The minimum atomic E-state index is -1.63. The van der Waals surface area contributed by atoms with Gasteiger partial charge in [-0.1, -0.05) is 60.7 Å². The van der Waals surface area contributed by atoms with Gasteiger partial charge in [0, 0.05) is 5.92 Å². The van der Waals surface area contributed by atoms with E-state index < -0.39 is 17.5 Å². The van der Waals surface area contributed by atoms with E-state index in [2.05, 4.69) is 0 Å². The highest BCUT2D eigenvalue weighted by Gasteiger charge is 2.42. The first-order valence-corrected chi connectivity index (χ1v) is 7.07. The fourth-order valence-electron chi connectivity index (χ4n) is 2.53. The predicted octanol–water partition coefficient (Wildman–Crippen LogP) is 3.13. The van der Waals surface area contributed by atoms with Crippen molar-refractivity contribution in [3.63, 3.8) is 0 Å². The molecule has 2 aromatic carbocycles. The second kappa shape index (κ2) is 6.55. The van der Waals surface area contributed by atoms with E-state index in [1.54, 1.807) is 6.92 Å². The van der Waals surface area contributed by atoms with Crippen molar-refractivity contribution in [3.8, 4) is 0 Å². The molecule has 0 heterocycles. The standard InChI is InChI=1S/C18H20O3/c1-3-21-17(19)18(2,20)16(14-10-6-4-7-11-14)15-12-8-5-9-13-15/h4-13,16,20H,3H2,1-2H3. The van der Waals surface area contributed by atoms with E-state index in [4.69, 9.17) is 4.74 Å². The van der Waals surface area contributed by atoms with Gasteiger partial charge in [-0.05, 0) is 25.0 Å². The molecule has 0 fully saturated rings. The first-order chi connectivity index (χ1) is 10.1. The number of hydrogen-bond acceptors (Lipinski definition) is 3. The van der Waals surface area contributed by atoms with E-state index >= 15 is 0 Å². The van der Waals surface area contributed by atoms with Crippen molar-refractivity contribution in [2.45, 2.75) is 25.4 Å². The SMILES string of the molecule is CCOC(=O)C(C)(O)C(c1ccccc1)c1ccccc1. The van der Waals surface area contributed by atoms with Crippen molar-refractivity contribution in [1.29, 1.82) is 0 Å². The summed E-state index contributed by atoms with van der Waals surface area (Å²) in [6.45, 7) is 3.48. The van der Waals surface area contributed by atoms with Gasteiger partial charge in [-0.2, -0.15) is 0 Å². The summed E-state index contributed by atoms with van der Waals surface area (Å²) >= 11 is 0. The fourth-order valence-corrected chi connectivity index (χ4v) is 2.53. The van der Waals surface area contributed by atoms with E-state index in [9.17, 15) is 9.90 Å². The van der Waals surface area contributed by atoms with Gasteiger partial charge in [-0.3, -0.25) is 0 Å². The lowest BCUT2D eigenvalue weighted by atomic mass is 9.78. The van der Waals surface area contributed by atoms with Crippen molar-refractivity contribution >= 4 is 5.97 Å². The number of rotatable bonds is 5. The fraction of sp³-hybridized carbons (Fsp3) is 0.278. The Morgan fingerprint density at radius 1 is 1.05 bits per heavy atom. The van der Waals surface area contributed by atoms with Gasteiger partial charge in [-0.25, -0.2) is 4.79 Å². The van der Waals surface area contributed by atoms with Gasteiger partial charge in [0.1, 0.15) is 0 Å². The highest BCUT2D eigenvalue weighted by Crippen LogP contribution is 2.35. The molecule has 3 heteroatoms. The summed E-state index contributed by atoms with van der Waals surface area (Å²) in [5.74, 6) is -1.08. The highest BCUT2D eigenvalue weighted by atomic mass is 16.5. The monoisotopic (exact) mass is 284 g/mol. The zero-order chi connectivity index (χ0) is 15.3. The van der Waals surface area contributed by atoms with Crippen LogP contribution in [-0.2, 0) is 9.53 Å². The van der Waals surface area contributed by atoms with Crippen molar-refractivity contribution in [2.24, 2.45) is 0 Å². The summed E-state index contributed by atoms with van der Waals surface area (Å²) in [5.41, 5.74) is 0.127. The lowest BCUT2D eigenvalue weighted by Gasteiger charge is -2.31.